The van der Waals surface area contributed by atoms with Gasteiger partial charge in [0, 0.05) is 11.6 Å². The van der Waals surface area contributed by atoms with Crippen molar-refractivity contribution in [1.82, 2.24) is 10.6 Å². The summed E-state index contributed by atoms with van der Waals surface area (Å²) in [4.78, 5) is 35.5. The second-order valence-corrected chi connectivity index (χ2v) is 6.29. The van der Waals surface area contributed by atoms with Gasteiger partial charge in [-0.2, -0.15) is 0 Å². The second-order valence-electron chi connectivity index (χ2n) is 5.45. The number of amides is 2. The number of aliphatic carboxylic acids is 1. The van der Waals surface area contributed by atoms with E-state index in [1.165, 1.54) is 24.3 Å². The van der Waals surface area contributed by atoms with Crippen LogP contribution < -0.4 is 10.6 Å². The Morgan fingerprint density at radius 2 is 1.74 bits per heavy atom. The molecular weight excluding hydrogens is 391 g/mol. The maximum absolute atomic E-state index is 12.5. The van der Waals surface area contributed by atoms with Crippen molar-refractivity contribution in [3.05, 3.63) is 75.4 Å². The molecule has 0 unspecified atom stereocenters. The average molecular weight is 407 g/mol. The lowest BCUT2D eigenvalue weighted by molar-refractivity contribution is -0.136. The van der Waals surface area contributed by atoms with E-state index in [9.17, 15) is 14.4 Å². The SMILES string of the molecule is O=C(O)CCNC(=O)C(=Cc1ccccc1)NC(=O)c1ccc(Cl)cc1Cl. The van der Waals surface area contributed by atoms with Gasteiger partial charge in [0.2, 0.25) is 0 Å². The first-order valence-corrected chi connectivity index (χ1v) is 8.65. The van der Waals surface area contributed by atoms with Crippen LogP contribution in [-0.2, 0) is 9.59 Å². The zero-order chi connectivity index (χ0) is 19.8. The molecule has 0 fully saturated rings. The molecule has 0 aliphatic heterocycles. The van der Waals surface area contributed by atoms with Crippen LogP contribution in [0.15, 0.2) is 54.2 Å². The van der Waals surface area contributed by atoms with Crippen LogP contribution in [0.5, 0.6) is 0 Å². The molecule has 27 heavy (non-hydrogen) atoms. The number of halogens is 2. The van der Waals surface area contributed by atoms with Crippen molar-refractivity contribution in [2.75, 3.05) is 6.54 Å². The van der Waals surface area contributed by atoms with Gasteiger partial charge in [-0.3, -0.25) is 14.4 Å². The Morgan fingerprint density at radius 3 is 2.37 bits per heavy atom. The van der Waals surface area contributed by atoms with E-state index in [-0.39, 0.29) is 29.2 Å². The fraction of sp³-hybridized carbons (Fsp3) is 0.105. The summed E-state index contributed by atoms with van der Waals surface area (Å²) in [6.45, 7) is -0.0716. The number of carboxylic acid groups (broad SMARTS) is 1. The van der Waals surface area contributed by atoms with Crippen LogP contribution in [0.2, 0.25) is 10.0 Å². The molecular formula is C19H16Cl2N2O4. The van der Waals surface area contributed by atoms with Crippen molar-refractivity contribution in [2.24, 2.45) is 0 Å². The maximum Gasteiger partial charge on any atom is 0.305 e. The van der Waals surface area contributed by atoms with Crippen LogP contribution in [0, 0.1) is 0 Å². The summed E-state index contributed by atoms with van der Waals surface area (Å²) in [6.07, 6.45) is 1.25. The lowest BCUT2D eigenvalue weighted by atomic mass is 10.1. The Labute approximate surface area is 165 Å². The summed E-state index contributed by atoms with van der Waals surface area (Å²) in [5.74, 6) is -2.24. The van der Waals surface area contributed by atoms with E-state index in [2.05, 4.69) is 10.6 Å². The highest BCUT2D eigenvalue weighted by atomic mass is 35.5. The van der Waals surface area contributed by atoms with Gasteiger partial charge in [-0.05, 0) is 29.8 Å². The molecule has 2 rings (SSSR count). The lowest BCUT2D eigenvalue weighted by Crippen LogP contribution is -2.35. The molecule has 140 valence electrons. The molecule has 0 saturated heterocycles. The minimum absolute atomic E-state index is 0.0393. The predicted octanol–water partition coefficient (Wildman–Crippen LogP) is 3.36. The Hall–Kier alpha value is -2.83. The highest BCUT2D eigenvalue weighted by Crippen LogP contribution is 2.21. The van der Waals surface area contributed by atoms with E-state index in [1.54, 1.807) is 24.3 Å². The molecule has 0 aliphatic carbocycles. The van der Waals surface area contributed by atoms with Gasteiger partial charge in [0.1, 0.15) is 5.70 Å². The minimum atomic E-state index is -1.04. The van der Waals surface area contributed by atoms with Crippen molar-refractivity contribution >= 4 is 47.1 Å². The minimum Gasteiger partial charge on any atom is -0.481 e. The van der Waals surface area contributed by atoms with Gasteiger partial charge in [-0.25, -0.2) is 0 Å². The van der Waals surface area contributed by atoms with Gasteiger partial charge < -0.3 is 15.7 Å². The Bertz CT molecular complexity index is 883. The van der Waals surface area contributed by atoms with E-state index >= 15 is 0 Å². The molecule has 0 radical (unpaired) electrons. The first-order valence-electron chi connectivity index (χ1n) is 7.90. The van der Waals surface area contributed by atoms with E-state index in [0.717, 1.165) is 0 Å². The van der Waals surface area contributed by atoms with Gasteiger partial charge in [0.05, 0.1) is 17.0 Å². The Morgan fingerprint density at radius 1 is 1.04 bits per heavy atom. The fourth-order valence-electron chi connectivity index (χ4n) is 2.12. The Kier molecular flexibility index (Phi) is 7.40. The van der Waals surface area contributed by atoms with Crippen LogP contribution in [0.1, 0.15) is 22.3 Å². The number of benzene rings is 2. The van der Waals surface area contributed by atoms with Crippen molar-refractivity contribution in [3.63, 3.8) is 0 Å². The molecule has 2 amide bonds. The van der Waals surface area contributed by atoms with Crippen LogP contribution in [0.3, 0.4) is 0 Å². The molecule has 8 heteroatoms. The van der Waals surface area contributed by atoms with Crippen molar-refractivity contribution in [2.45, 2.75) is 6.42 Å². The van der Waals surface area contributed by atoms with Gasteiger partial charge >= 0.3 is 5.97 Å². The van der Waals surface area contributed by atoms with Crippen molar-refractivity contribution in [1.29, 1.82) is 0 Å². The predicted molar refractivity (Wildman–Crippen MR) is 104 cm³/mol. The largest absolute Gasteiger partial charge is 0.481 e. The first-order chi connectivity index (χ1) is 12.9. The topological polar surface area (TPSA) is 95.5 Å². The first kappa shape index (κ1) is 20.5. The molecule has 2 aromatic carbocycles. The molecule has 0 heterocycles. The number of nitrogens with one attached hydrogen (secondary N) is 2. The molecule has 0 atom stereocenters. The third kappa shape index (κ3) is 6.44. The Balaban J connectivity index is 2.23. The molecule has 0 aromatic heterocycles. The van der Waals surface area contributed by atoms with Crippen LogP contribution >= 0.6 is 23.2 Å². The number of carboxylic acids is 1. The van der Waals surface area contributed by atoms with Gasteiger partial charge in [0.15, 0.2) is 0 Å². The zero-order valence-electron chi connectivity index (χ0n) is 14.0. The number of carbonyl (C=O) groups is 3. The molecule has 0 saturated carbocycles. The molecule has 2 aromatic rings. The van der Waals surface area contributed by atoms with Crippen LogP contribution in [0.25, 0.3) is 6.08 Å². The van der Waals surface area contributed by atoms with Crippen LogP contribution in [-0.4, -0.2) is 29.4 Å². The quantitative estimate of drug-likeness (QED) is 0.614. The second kappa shape index (κ2) is 9.75. The highest BCUT2D eigenvalue weighted by Gasteiger charge is 2.17. The lowest BCUT2D eigenvalue weighted by Gasteiger charge is -2.11. The summed E-state index contributed by atoms with van der Waals surface area (Å²) in [7, 11) is 0. The third-order valence-electron chi connectivity index (χ3n) is 3.40. The van der Waals surface area contributed by atoms with Gasteiger partial charge in [0.25, 0.3) is 11.8 Å². The summed E-state index contributed by atoms with van der Waals surface area (Å²) in [5.41, 5.74) is 0.796. The summed E-state index contributed by atoms with van der Waals surface area (Å²) in [6, 6.07) is 13.3. The standard InChI is InChI=1S/C19H16Cl2N2O4/c20-13-6-7-14(15(21)11-13)18(26)23-16(10-12-4-2-1-3-5-12)19(27)22-9-8-17(24)25/h1-7,10-11H,8-9H2,(H,22,27)(H,23,26)(H,24,25). The molecule has 3 N–H and O–H groups in total. The average Bonchev–Trinajstić information content (AvgIpc) is 2.61. The van der Waals surface area contributed by atoms with Gasteiger partial charge in [-0.1, -0.05) is 53.5 Å². The van der Waals surface area contributed by atoms with Crippen molar-refractivity contribution < 1.29 is 19.5 Å². The monoisotopic (exact) mass is 406 g/mol. The summed E-state index contributed by atoms with van der Waals surface area (Å²) < 4.78 is 0. The summed E-state index contributed by atoms with van der Waals surface area (Å²) in [5, 5.41) is 14.2. The fourth-order valence-corrected chi connectivity index (χ4v) is 2.61. The van der Waals surface area contributed by atoms with Gasteiger partial charge in [-0.15, -0.1) is 0 Å². The third-order valence-corrected chi connectivity index (χ3v) is 3.95. The number of carbonyl (C=O) groups excluding carboxylic acids is 2. The van der Waals surface area contributed by atoms with E-state index in [0.29, 0.717) is 10.6 Å². The molecule has 0 spiro atoms. The highest BCUT2D eigenvalue weighted by molar-refractivity contribution is 6.36. The summed E-state index contributed by atoms with van der Waals surface area (Å²) >= 11 is 11.9. The number of hydrogen-bond donors (Lipinski definition) is 3. The number of hydrogen-bond acceptors (Lipinski definition) is 3. The normalized spacial score (nSPS) is 11.0. The van der Waals surface area contributed by atoms with Crippen molar-refractivity contribution in [3.8, 4) is 0 Å². The maximum atomic E-state index is 12.5. The molecule has 0 aliphatic rings. The van der Waals surface area contributed by atoms with E-state index in [1.807, 2.05) is 6.07 Å². The van der Waals surface area contributed by atoms with E-state index < -0.39 is 17.8 Å². The molecule has 6 nitrogen and oxygen atoms in total. The van der Waals surface area contributed by atoms with Crippen LogP contribution in [0.4, 0.5) is 0 Å². The zero-order valence-corrected chi connectivity index (χ0v) is 15.6. The molecule has 0 bridgehead atoms. The number of rotatable bonds is 7. The smallest absolute Gasteiger partial charge is 0.305 e. The van der Waals surface area contributed by atoms with E-state index in [4.69, 9.17) is 28.3 Å².